The van der Waals surface area contributed by atoms with Crippen molar-refractivity contribution in [2.75, 3.05) is 0 Å². The van der Waals surface area contributed by atoms with Gasteiger partial charge < -0.3 is 5.11 Å². The molecule has 4 fully saturated rings. The van der Waals surface area contributed by atoms with Gasteiger partial charge in [-0.15, -0.1) is 0 Å². The Hall–Kier alpha value is -0.0400. The summed E-state index contributed by atoms with van der Waals surface area (Å²) in [6, 6.07) is 0. The van der Waals surface area contributed by atoms with E-state index >= 15 is 0 Å². The van der Waals surface area contributed by atoms with Gasteiger partial charge in [-0.25, -0.2) is 0 Å². The fraction of sp³-hybridized carbons (Fsp3) is 1.00. The van der Waals surface area contributed by atoms with Crippen LogP contribution in [0.4, 0.5) is 0 Å². The number of rotatable bonds is 0. The van der Waals surface area contributed by atoms with Gasteiger partial charge in [0, 0.05) is 0 Å². The fourth-order valence-electron chi connectivity index (χ4n) is 5.67. The molecule has 0 heterocycles. The predicted molar refractivity (Wildman–Crippen MR) is 54.7 cm³/mol. The Bertz CT molecular complexity index is 274. The Balaban J connectivity index is 1.82. The van der Waals surface area contributed by atoms with E-state index in [1.807, 2.05) is 0 Å². The lowest BCUT2D eigenvalue weighted by Gasteiger charge is -2.44. The summed E-state index contributed by atoms with van der Waals surface area (Å²) in [5.41, 5.74) is -0.196. The van der Waals surface area contributed by atoms with E-state index < -0.39 is 0 Å². The second kappa shape index (κ2) is 2.37. The molecule has 4 aliphatic carbocycles. The van der Waals surface area contributed by atoms with Crippen molar-refractivity contribution in [3.05, 3.63) is 0 Å². The van der Waals surface area contributed by atoms with E-state index in [-0.39, 0.29) is 5.60 Å². The van der Waals surface area contributed by atoms with Crippen LogP contribution in [0.25, 0.3) is 0 Å². The summed E-state index contributed by atoms with van der Waals surface area (Å²) >= 11 is 0. The maximum atomic E-state index is 10.9. The number of aliphatic hydroxyl groups is 1. The monoisotopic (exact) mass is 192 g/mol. The SMILES string of the molecule is O[C@]12CC[C@@H]3CC[C@H]([C@H]4CC[C@H]1C4)[C@@H]32. The molecule has 2 bridgehead atoms. The van der Waals surface area contributed by atoms with Crippen LogP contribution < -0.4 is 0 Å². The minimum Gasteiger partial charge on any atom is -0.389 e. The molecule has 0 aromatic rings. The lowest BCUT2D eigenvalue weighted by Crippen LogP contribution is -2.47. The zero-order valence-corrected chi connectivity index (χ0v) is 8.78. The molecule has 0 aliphatic heterocycles. The van der Waals surface area contributed by atoms with Crippen LogP contribution in [-0.4, -0.2) is 10.7 Å². The Labute approximate surface area is 85.9 Å². The van der Waals surface area contributed by atoms with Gasteiger partial charge in [-0.3, -0.25) is 0 Å². The molecule has 0 spiro atoms. The molecule has 1 N–H and O–H groups in total. The van der Waals surface area contributed by atoms with Gasteiger partial charge in [-0.2, -0.15) is 0 Å². The second-order valence-corrected chi connectivity index (χ2v) is 6.33. The molecule has 4 rings (SSSR count). The zero-order valence-electron chi connectivity index (χ0n) is 8.78. The highest BCUT2D eigenvalue weighted by Gasteiger charge is 2.63. The quantitative estimate of drug-likeness (QED) is 0.625. The summed E-state index contributed by atoms with van der Waals surface area (Å²) in [5.74, 6) is 4.26. The van der Waals surface area contributed by atoms with Crippen LogP contribution >= 0.6 is 0 Å². The standard InChI is InChI=1S/C13H20O/c14-13-6-5-8-2-4-11(12(8)13)9-1-3-10(13)7-9/h8-12,14H,1-7H2/t8-,9-,10-,11+,12+,13+/m0/s1. The lowest BCUT2D eigenvalue weighted by atomic mass is 9.65. The van der Waals surface area contributed by atoms with Gasteiger partial charge in [0.2, 0.25) is 0 Å². The molecule has 6 atom stereocenters. The molecule has 4 saturated carbocycles. The second-order valence-electron chi connectivity index (χ2n) is 6.33. The average Bonchev–Trinajstić information content (AvgIpc) is 2.82. The van der Waals surface area contributed by atoms with Gasteiger partial charge in [0.15, 0.2) is 0 Å². The van der Waals surface area contributed by atoms with E-state index in [0.29, 0.717) is 5.92 Å². The molecule has 0 aromatic heterocycles. The highest BCUT2D eigenvalue weighted by Crippen LogP contribution is 2.65. The van der Waals surface area contributed by atoms with Crippen molar-refractivity contribution < 1.29 is 5.11 Å². The van der Waals surface area contributed by atoms with Crippen LogP contribution in [0, 0.1) is 29.6 Å². The Morgan fingerprint density at radius 2 is 1.79 bits per heavy atom. The smallest absolute Gasteiger partial charge is 0.0709 e. The Morgan fingerprint density at radius 1 is 0.929 bits per heavy atom. The Kier molecular flexibility index (Phi) is 1.38. The minimum atomic E-state index is -0.196. The van der Waals surface area contributed by atoms with Crippen molar-refractivity contribution in [2.45, 2.75) is 50.5 Å². The molecular weight excluding hydrogens is 172 g/mol. The van der Waals surface area contributed by atoms with E-state index in [9.17, 15) is 5.11 Å². The third-order valence-electron chi connectivity index (χ3n) is 6.12. The third kappa shape index (κ3) is 0.743. The van der Waals surface area contributed by atoms with Crippen LogP contribution in [0.5, 0.6) is 0 Å². The van der Waals surface area contributed by atoms with Crippen molar-refractivity contribution >= 4 is 0 Å². The van der Waals surface area contributed by atoms with E-state index in [2.05, 4.69) is 0 Å². The van der Waals surface area contributed by atoms with Crippen LogP contribution in [0.1, 0.15) is 44.9 Å². The van der Waals surface area contributed by atoms with Gasteiger partial charge >= 0.3 is 0 Å². The first-order chi connectivity index (χ1) is 6.79. The van der Waals surface area contributed by atoms with Crippen LogP contribution in [0.2, 0.25) is 0 Å². The van der Waals surface area contributed by atoms with E-state index in [1.54, 1.807) is 0 Å². The molecule has 0 radical (unpaired) electrons. The van der Waals surface area contributed by atoms with Crippen molar-refractivity contribution in [3.63, 3.8) is 0 Å². The molecule has 1 nitrogen and oxygen atoms in total. The highest BCUT2D eigenvalue weighted by molar-refractivity contribution is 5.13. The molecular formula is C13H20O. The molecule has 14 heavy (non-hydrogen) atoms. The van der Waals surface area contributed by atoms with Crippen LogP contribution in [0.3, 0.4) is 0 Å². The average molecular weight is 192 g/mol. The minimum absolute atomic E-state index is 0.196. The third-order valence-corrected chi connectivity index (χ3v) is 6.12. The molecule has 78 valence electrons. The van der Waals surface area contributed by atoms with Gasteiger partial charge in [0.1, 0.15) is 0 Å². The maximum Gasteiger partial charge on any atom is 0.0709 e. The summed E-state index contributed by atoms with van der Waals surface area (Å²) in [6.45, 7) is 0. The molecule has 0 aromatic carbocycles. The maximum absolute atomic E-state index is 10.9. The largest absolute Gasteiger partial charge is 0.389 e. The zero-order chi connectivity index (χ0) is 9.34. The molecule has 0 saturated heterocycles. The topological polar surface area (TPSA) is 20.2 Å². The van der Waals surface area contributed by atoms with Crippen molar-refractivity contribution in [3.8, 4) is 0 Å². The molecule has 1 heteroatoms. The summed E-state index contributed by atoms with van der Waals surface area (Å²) in [4.78, 5) is 0. The molecule has 0 amide bonds. The first kappa shape index (κ1) is 8.15. The van der Waals surface area contributed by atoms with Crippen LogP contribution in [0.15, 0.2) is 0 Å². The summed E-state index contributed by atoms with van der Waals surface area (Å²) in [6.07, 6.45) is 9.47. The van der Waals surface area contributed by atoms with E-state index in [0.717, 1.165) is 30.1 Å². The van der Waals surface area contributed by atoms with E-state index in [4.69, 9.17) is 0 Å². The predicted octanol–water partition coefficient (Wildman–Crippen LogP) is 2.58. The number of hydrogen-bond donors (Lipinski definition) is 1. The highest BCUT2D eigenvalue weighted by atomic mass is 16.3. The van der Waals surface area contributed by atoms with Gasteiger partial charge in [0.05, 0.1) is 5.60 Å². The van der Waals surface area contributed by atoms with Gasteiger partial charge in [-0.05, 0) is 74.5 Å². The Morgan fingerprint density at radius 3 is 2.71 bits per heavy atom. The molecule has 4 aliphatic rings. The summed E-state index contributed by atoms with van der Waals surface area (Å²) in [5, 5.41) is 10.9. The van der Waals surface area contributed by atoms with E-state index in [1.165, 1.54) is 38.5 Å². The van der Waals surface area contributed by atoms with Crippen LogP contribution in [-0.2, 0) is 0 Å². The van der Waals surface area contributed by atoms with Crippen molar-refractivity contribution in [1.82, 2.24) is 0 Å². The lowest BCUT2D eigenvalue weighted by molar-refractivity contribution is -0.0939. The number of hydrogen-bond acceptors (Lipinski definition) is 1. The summed E-state index contributed by atoms with van der Waals surface area (Å²) in [7, 11) is 0. The molecule has 0 unspecified atom stereocenters. The normalized spacial score (nSPS) is 64.5. The van der Waals surface area contributed by atoms with Gasteiger partial charge in [0.25, 0.3) is 0 Å². The van der Waals surface area contributed by atoms with Crippen molar-refractivity contribution in [2.24, 2.45) is 29.6 Å². The van der Waals surface area contributed by atoms with Gasteiger partial charge in [-0.1, -0.05) is 0 Å². The summed E-state index contributed by atoms with van der Waals surface area (Å²) < 4.78 is 0. The van der Waals surface area contributed by atoms with Crippen molar-refractivity contribution in [1.29, 1.82) is 0 Å². The first-order valence-corrected chi connectivity index (χ1v) is 6.51. The fourth-order valence-corrected chi connectivity index (χ4v) is 5.67. The first-order valence-electron chi connectivity index (χ1n) is 6.51. The number of fused-ring (bicyclic) bond motifs is 4.